The minimum atomic E-state index is -0.497. The molecule has 0 aromatic heterocycles. The summed E-state index contributed by atoms with van der Waals surface area (Å²) in [4.78, 5) is 22.3. The van der Waals surface area contributed by atoms with Crippen LogP contribution in [0.1, 0.15) is 15.9 Å². The molecule has 0 aliphatic heterocycles. The van der Waals surface area contributed by atoms with Gasteiger partial charge in [-0.1, -0.05) is 24.3 Å². The third-order valence-corrected chi connectivity index (χ3v) is 3.56. The van der Waals surface area contributed by atoms with Crippen LogP contribution in [0, 0.1) is 13.7 Å². The Morgan fingerprint density at radius 1 is 1.19 bits per heavy atom. The van der Waals surface area contributed by atoms with E-state index < -0.39 is 4.92 Å². The zero-order valence-electron chi connectivity index (χ0n) is 10.7. The summed E-state index contributed by atoms with van der Waals surface area (Å²) in [5, 5.41) is 14.6. The first-order valence-corrected chi connectivity index (χ1v) is 6.99. The molecule has 0 saturated carbocycles. The Morgan fingerprint density at radius 2 is 1.86 bits per heavy atom. The SMILES string of the molecule is O=C(N/N=C/c1ccccc1[N+](=O)[O-])c1ccccc1I. The highest BCUT2D eigenvalue weighted by Crippen LogP contribution is 2.15. The van der Waals surface area contributed by atoms with E-state index in [2.05, 4.69) is 33.1 Å². The topological polar surface area (TPSA) is 84.6 Å². The molecule has 2 aromatic rings. The highest BCUT2D eigenvalue weighted by Gasteiger charge is 2.11. The Morgan fingerprint density at radius 3 is 2.57 bits per heavy atom. The first kappa shape index (κ1) is 15.1. The molecule has 0 unspecified atom stereocenters. The molecule has 0 radical (unpaired) electrons. The normalized spacial score (nSPS) is 10.5. The molecule has 6 nitrogen and oxygen atoms in total. The third kappa shape index (κ3) is 3.85. The van der Waals surface area contributed by atoms with Crippen molar-refractivity contribution < 1.29 is 9.72 Å². The van der Waals surface area contributed by atoms with Crippen LogP contribution in [-0.4, -0.2) is 17.0 Å². The summed E-state index contributed by atoms with van der Waals surface area (Å²) < 4.78 is 0.800. The van der Waals surface area contributed by atoms with E-state index in [1.807, 2.05) is 6.07 Å². The van der Waals surface area contributed by atoms with Crippen molar-refractivity contribution in [2.45, 2.75) is 0 Å². The van der Waals surface area contributed by atoms with Gasteiger partial charge >= 0.3 is 0 Å². The maximum absolute atomic E-state index is 11.9. The Kier molecular flexibility index (Phi) is 4.99. The second-order valence-corrected chi connectivity index (χ2v) is 5.16. The van der Waals surface area contributed by atoms with E-state index in [1.54, 1.807) is 36.4 Å². The molecule has 0 aliphatic carbocycles. The zero-order chi connectivity index (χ0) is 15.2. The number of hydrogen-bond acceptors (Lipinski definition) is 4. The third-order valence-electron chi connectivity index (χ3n) is 2.62. The first-order chi connectivity index (χ1) is 10.1. The minimum Gasteiger partial charge on any atom is -0.267 e. The molecule has 1 N–H and O–H groups in total. The summed E-state index contributed by atoms with van der Waals surface area (Å²) in [6.45, 7) is 0. The van der Waals surface area contributed by atoms with Crippen molar-refractivity contribution in [1.82, 2.24) is 5.43 Å². The number of carbonyl (C=O) groups excluding carboxylic acids is 1. The molecule has 2 aromatic carbocycles. The van der Waals surface area contributed by atoms with Gasteiger partial charge in [-0.25, -0.2) is 5.43 Å². The van der Waals surface area contributed by atoms with Crippen molar-refractivity contribution in [3.63, 3.8) is 0 Å². The second kappa shape index (κ2) is 6.93. The molecule has 0 saturated heterocycles. The van der Waals surface area contributed by atoms with E-state index in [0.717, 1.165) is 3.57 Å². The van der Waals surface area contributed by atoms with Crippen molar-refractivity contribution in [3.05, 3.63) is 73.3 Å². The Hall–Kier alpha value is -2.29. The summed E-state index contributed by atoms with van der Waals surface area (Å²) in [7, 11) is 0. The maximum atomic E-state index is 11.9. The largest absolute Gasteiger partial charge is 0.278 e. The smallest absolute Gasteiger partial charge is 0.267 e. The van der Waals surface area contributed by atoms with Gasteiger partial charge in [0.05, 0.1) is 22.3 Å². The summed E-state index contributed by atoms with van der Waals surface area (Å²) >= 11 is 2.05. The molecular formula is C14H10IN3O3. The standard InChI is InChI=1S/C14H10IN3O3/c15-12-7-3-2-6-11(12)14(19)17-16-9-10-5-1-4-8-13(10)18(20)21/h1-9H,(H,17,19)/b16-9+. The van der Waals surface area contributed by atoms with Gasteiger partial charge in [0.15, 0.2) is 0 Å². The summed E-state index contributed by atoms with van der Waals surface area (Å²) in [5.41, 5.74) is 3.12. The number of benzene rings is 2. The van der Waals surface area contributed by atoms with Crippen LogP contribution in [0.2, 0.25) is 0 Å². The fourth-order valence-corrected chi connectivity index (χ4v) is 2.26. The number of hydrazone groups is 1. The molecule has 1 amide bonds. The number of hydrogen-bond donors (Lipinski definition) is 1. The molecular weight excluding hydrogens is 385 g/mol. The Labute approximate surface area is 134 Å². The van der Waals surface area contributed by atoms with Crippen LogP contribution in [0.4, 0.5) is 5.69 Å². The van der Waals surface area contributed by atoms with E-state index in [0.29, 0.717) is 11.1 Å². The van der Waals surface area contributed by atoms with Crippen LogP contribution in [-0.2, 0) is 0 Å². The molecule has 0 aliphatic rings. The molecule has 106 valence electrons. The van der Waals surface area contributed by atoms with Crippen molar-refractivity contribution in [2.75, 3.05) is 0 Å². The average Bonchev–Trinajstić information content (AvgIpc) is 2.48. The lowest BCUT2D eigenvalue weighted by molar-refractivity contribution is -0.385. The van der Waals surface area contributed by atoms with Crippen molar-refractivity contribution in [2.24, 2.45) is 5.10 Å². The lowest BCUT2D eigenvalue weighted by Gasteiger charge is -2.02. The number of para-hydroxylation sites is 1. The lowest BCUT2D eigenvalue weighted by atomic mass is 10.2. The number of nitro benzene ring substituents is 1. The molecule has 0 spiro atoms. The van der Waals surface area contributed by atoms with Crippen LogP contribution >= 0.6 is 22.6 Å². The van der Waals surface area contributed by atoms with E-state index in [1.165, 1.54) is 12.3 Å². The highest BCUT2D eigenvalue weighted by atomic mass is 127. The van der Waals surface area contributed by atoms with Crippen molar-refractivity contribution in [1.29, 1.82) is 0 Å². The van der Waals surface area contributed by atoms with Crippen LogP contribution in [0.25, 0.3) is 0 Å². The number of rotatable bonds is 4. The molecule has 0 heterocycles. The zero-order valence-corrected chi connectivity index (χ0v) is 12.9. The molecule has 0 atom stereocenters. The monoisotopic (exact) mass is 395 g/mol. The molecule has 7 heteroatoms. The second-order valence-electron chi connectivity index (χ2n) is 3.99. The van der Waals surface area contributed by atoms with E-state index >= 15 is 0 Å². The first-order valence-electron chi connectivity index (χ1n) is 5.91. The average molecular weight is 395 g/mol. The number of amides is 1. The van der Waals surface area contributed by atoms with Gasteiger partial charge in [0.1, 0.15) is 0 Å². The Balaban J connectivity index is 2.12. The predicted molar refractivity (Wildman–Crippen MR) is 87.3 cm³/mol. The van der Waals surface area contributed by atoms with E-state index in [-0.39, 0.29) is 11.6 Å². The Bertz CT molecular complexity index is 716. The van der Waals surface area contributed by atoms with Crippen LogP contribution < -0.4 is 5.43 Å². The number of nitrogens with one attached hydrogen (secondary N) is 1. The number of nitrogens with zero attached hydrogens (tertiary/aromatic N) is 2. The number of nitro groups is 1. The van der Waals surface area contributed by atoms with Gasteiger partial charge < -0.3 is 0 Å². The van der Waals surface area contributed by atoms with Gasteiger partial charge in [0, 0.05) is 9.64 Å². The van der Waals surface area contributed by atoms with Gasteiger partial charge in [-0.15, -0.1) is 0 Å². The highest BCUT2D eigenvalue weighted by molar-refractivity contribution is 14.1. The van der Waals surface area contributed by atoms with Gasteiger partial charge in [-0.05, 0) is 40.8 Å². The van der Waals surface area contributed by atoms with Gasteiger partial charge in [-0.2, -0.15) is 5.10 Å². The lowest BCUT2D eigenvalue weighted by Crippen LogP contribution is -2.18. The fraction of sp³-hybridized carbons (Fsp3) is 0. The fourth-order valence-electron chi connectivity index (χ4n) is 1.63. The molecule has 2 rings (SSSR count). The van der Waals surface area contributed by atoms with Crippen LogP contribution in [0.3, 0.4) is 0 Å². The molecule has 0 bridgehead atoms. The van der Waals surface area contributed by atoms with E-state index in [4.69, 9.17) is 0 Å². The quantitative estimate of drug-likeness (QED) is 0.374. The predicted octanol–water partition coefficient (Wildman–Crippen LogP) is 2.96. The minimum absolute atomic E-state index is 0.0650. The summed E-state index contributed by atoms with van der Waals surface area (Å²) in [5.74, 6) is -0.366. The molecule has 0 fully saturated rings. The van der Waals surface area contributed by atoms with Gasteiger partial charge in [-0.3, -0.25) is 14.9 Å². The van der Waals surface area contributed by atoms with Gasteiger partial charge in [0.25, 0.3) is 11.6 Å². The van der Waals surface area contributed by atoms with Crippen molar-refractivity contribution in [3.8, 4) is 0 Å². The van der Waals surface area contributed by atoms with Crippen LogP contribution in [0.15, 0.2) is 53.6 Å². The summed E-state index contributed by atoms with van der Waals surface area (Å²) in [6.07, 6.45) is 1.26. The van der Waals surface area contributed by atoms with E-state index in [9.17, 15) is 14.9 Å². The number of carbonyl (C=O) groups is 1. The van der Waals surface area contributed by atoms with Crippen LogP contribution in [0.5, 0.6) is 0 Å². The van der Waals surface area contributed by atoms with Gasteiger partial charge in [0.2, 0.25) is 0 Å². The molecule has 21 heavy (non-hydrogen) atoms. The summed E-state index contributed by atoms with van der Waals surface area (Å²) in [6, 6.07) is 13.2. The maximum Gasteiger partial charge on any atom is 0.278 e. The van der Waals surface area contributed by atoms with Crippen molar-refractivity contribution >= 4 is 40.4 Å². The number of halogens is 1.